The van der Waals surface area contributed by atoms with Crippen LogP contribution < -0.4 is 13.8 Å². The Labute approximate surface area is 167 Å². The smallest absolute Gasteiger partial charge is 0.497 e. The van der Waals surface area contributed by atoms with Gasteiger partial charge in [-0.1, -0.05) is 12.1 Å². The largest absolute Gasteiger partial charge is 0.534 e. The first-order chi connectivity index (χ1) is 13.9. The van der Waals surface area contributed by atoms with Crippen LogP contribution >= 0.6 is 0 Å². The monoisotopic (exact) mass is 451 g/mol. The molecule has 1 aliphatic heterocycles. The molecular weight excluding hydrogens is 437 g/mol. The van der Waals surface area contributed by atoms with Gasteiger partial charge in [0.2, 0.25) is 5.91 Å². The molecule has 0 atom stereocenters. The number of hydrogen-bond acceptors (Lipinski definition) is 5. The normalized spacial score (nSPS) is 14.5. The van der Waals surface area contributed by atoms with Crippen LogP contribution in [0.3, 0.4) is 0 Å². The van der Waals surface area contributed by atoms with E-state index in [4.69, 9.17) is 4.74 Å². The Morgan fingerprint density at radius 1 is 1.10 bits per heavy atom. The van der Waals surface area contributed by atoms with Gasteiger partial charge in [-0.3, -0.25) is 4.79 Å². The minimum Gasteiger partial charge on any atom is -0.497 e. The number of rotatable bonds is 5. The van der Waals surface area contributed by atoms with Gasteiger partial charge in [-0.2, -0.15) is 21.6 Å². The number of halogens is 5. The molecule has 0 saturated heterocycles. The lowest BCUT2D eigenvalue weighted by Gasteiger charge is -2.31. The summed E-state index contributed by atoms with van der Waals surface area (Å²) in [7, 11) is -4.68. The van der Waals surface area contributed by atoms with Gasteiger partial charge < -0.3 is 13.8 Å². The Hall–Kier alpha value is -2.89. The zero-order valence-corrected chi connectivity index (χ0v) is 16.1. The number of fused-ring (bicyclic) bond motifs is 1. The summed E-state index contributed by atoms with van der Waals surface area (Å²) in [6, 6.07) is 6.47. The number of carbonyl (C=O) groups excluding carboxylic acids is 1. The van der Waals surface area contributed by atoms with Crippen LogP contribution in [0.5, 0.6) is 11.5 Å². The predicted octanol–water partition coefficient (Wildman–Crippen LogP) is 3.68. The third-order valence-electron chi connectivity index (χ3n) is 4.40. The molecule has 0 radical (unpaired) electrons. The van der Waals surface area contributed by atoms with Gasteiger partial charge in [0.05, 0.1) is 19.3 Å². The lowest BCUT2D eigenvalue weighted by Crippen LogP contribution is -2.36. The number of nitrogens with zero attached hydrogens (tertiary/aromatic N) is 1. The highest BCUT2D eigenvalue weighted by Gasteiger charge is 2.49. The standard InChI is InChI=1S/C18H14F5NO5S/c1-28-11-4-2-10(3-5-11)9-24-15(25)7-6-12-14(8-13(19)16(20)17(12)24)29-30(26,27)18(21,22)23/h2-5,8H,6-7,9H2,1H3. The molecule has 0 spiro atoms. The molecular formula is C18H14F5NO5S. The van der Waals surface area contributed by atoms with Gasteiger partial charge in [0.1, 0.15) is 5.75 Å². The maximum atomic E-state index is 14.6. The summed E-state index contributed by atoms with van der Waals surface area (Å²) in [6.07, 6.45) is -0.593. The average molecular weight is 451 g/mol. The number of ether oxygens (including phenoxy) is 1. The van der Waals surface area contributed by atoms with E-state index in [0.717, 1.165) is 4.90 Å². The summed E-state index contributed by atoms with van der Waals surface area (Å²) < 4.78 is 98.4. The Kier molecular flexibility index (Phi) is 5.63. The Morgan fingerprint density at radius 3 is 2.30 bits per heavy atom. The Balaban J connectivity index is 2.07. The molecule has 6 nitrogen and oxygen atoms in total. The van der Waals surface area contributed by atoms with E-state index < -0.39 is 44.6 Å². The van der Waals surface area contributed by atoms with E-state index in [1.807, 2.05) is 0 Å². The van der Waals surface area contributed by atoms with Gasteiger partial charge in [-0.15, -0.1) is 0 Å². The van der Waals surface area contributed by atoms with Gasteiger partial charge >= 0.3 is 15.6 Å². The van der Waals surface area contributed by atoms with Crippen molar-refractivity contribution in [2.24, 2.45) is 0 Å². The zero-order valence-electron chi connectivity index (χ0n) is 15.3. The molecule has 0 unspecified atom stereocenters. The summed E-state index contributed by atoms with van der Waals surface area (Å²) in [4.78, 5) is 13.2. The lowest BCUT2D eigenvalue weighted by molar-refractivity contribution is -0.119. The second-order valence-corrected chi connectivity index (χ2v) is 7.85. The van der Waals surface area contributed by atoms with Crippen molar-refractivity contribution in [2.75, 3.05) is 12.0 Å². The van der Waals surface area contributed by atoms with Crippen LogP contribution in [0.15, 0.2) is 30.3 Å². The highest BCUT2D eigenvalue weighted by Crippen LogP contribution is 2.41. The second-order valence-electron chi connectivity index (χ2n) is 6.31. The highest BCUT2D eigenvalue weighted by atomic mass is 32.2. The maximum absolute atomic E-state index is 14.6. The fourth-order valence-corrected chi connectivity index (χ4v) is 3.44. The fraction of sp³-hybridized carbons (Fsp3) is 0.278. The number of anilines is 1. The van der Waals surface area contributed by atoms with Crippen molar-refractivity contribution >= 4 is 21.7 Å². The van der Waals surface area contributed by atoms with Gasteiger partial charge in [-0.05, 0) is 24.1 Å². The van der Waals surface area contributed by atoms with Crippen LogP contribution in [0.2, 0.25) is 0 Å². The SMILES string of the molecule is COc1ccc(CN2C(=O)CCc3c(OS(=O)(=O)C(F)(F)F)cc(F)c(F)c32)cc1. The molecule has 2 aromatic carbocycles. The van der Waals surface area contributed by atoms with Gasteiger partial charge in [-0.25, -0.2) is 8.78 Å². The zero-order chi connectivity index (χ0) is 22.3. The van der Waals surface area contributed by atoms with E-state index in [1.165, 1.54) is 7.11 Å². The number of benzene rings is 2. The molecule has 1 aliphatic rings. The third kappa shape index (κ3) is 4.04. The second kappa shape index (κ2) is 7.74. The first-order valence-electron chi connectivity index (χ1n) is 8.39. The van der Waals surface area contributed by atoms with E-state index in [-0.39, 0.29) is 31.0 Å². The minimum absolute atomic E-state index is 0.221. The fourth-order valence-electron chi connectivity index (χ4n) is 2.96. The summed E-state index contributed by atoms with van der Waals surface area (Å²) in [5.41, 5.74) is -6.28. The van der Waals surface area contributed by atoms with Crippen molar-refractivity contribution in [1.29, 1.82) is 0 Å². The predicted molar refractivity (Wildman–Crippen MR) is 94.5 cm³/mol. The van der Waals surface area contributed by atoms with Crippen LogP contribution in [0, 0.1) is 11.6 Å². The maximum Gasteiger partial charge on any atom is 0.534 e. The quantitative estimate of drug-likeness (QED) is 0.394. The first-order valence-corrected chi connectivity index (χ1v) is 9.80. The van der Waals surface area contributed by atoms with E-state index >= 15 is 0 Å². The molecule has 2 aromatic rings. The number of alkyl halides is 3. The van der Waals surface area contributed by atoms with Crippen LogP contribution in [0.4, 0.5) is 27.6 Å². The number of methoxy groups -OCH3 is 1. The summed E-state index contributed by atoms with van der Waals surface area (Å²) >= 11 is 0. The highest BCUT2D eigenvalue weighted by molar-refractivity contribution is 7.88. The van der Waals surface area contributed by atoms with E-state index in [9.17, 15) is 35.2 Å². The number of hydrogen-bond donors (Lipinski definition) is 0. The molecule has 12 heteroatoms. The Morgan fingerprint density at radius 2 is 1.73 bits per heavy atom. The third-order valence-corrected chi connectivity index (χ3v) is 5.37. The molecule has 0 fully saturated rings. The van der Waals surface area contributed by atoms with Crippen molar-refractivity contribution in [3.05, 3.63) is 53.1 Å². The number of carbonyl (C=O) groups is 1. The van der Waals surface area contributed by atoms with Crippen LogP contribution in [0.1, 0.15) is 17.5 Å². The van der Waals surface area contributed by atoms with Gasteiger partial charge in [0, 0.05) is 18.1 Å². The topological polar surface area (TPSA) is 72.9 Å². The Bertz CT molecular complexity index is 1080. The van der Waals surface area contributed by atoms with Crippen molar-refractivity contribution < 1.29 is 44.1 Å². The van der Waals surface area contributed by atoms with E-state index in [0.29, 0.717) is 11.3 Å². The van der Waals surface area contributed by atoms with Crippen LogP contribution in [-0.2, 0) is 27.9 Å². The van der Waals surface area contributed by atoms with Crippen molar-refractivity contribution in [1.82, 2.24) is 0 Å². The average Bonchev–Trinajstić information content (AvgIpc) is 2.67. The summed E-state index contributed by atoms with van der Waals surface area (Å²) in [5.74, 6) is -4.28. The summed E-state index contributed by atoms with van der Waals surface area (Å²) in [5, 5.41) is 0. The summed E-state index contributed by atoms with van der Waals surface area (Å²) in [6.45, 7) is -0.234. The van der Waals surface area contributed by atoms with Crippen LogP contribution in [-0.4, -0.2) is 26.9 Å². The van der Waals surface area contributed by atoms with Crippen molar-refractivity contribution in [2.45, 2.75) is 24.9 Å². The van der Waals surface area contributed by atoms with Gasteiger partial charge in [0.25, 0.3) is 0 Å². The molecule has 0 N–H and O–H groups in total. The molecule has 1 amide bonds. The van der Waals surface area contributed by atoms with E-state index in [1.54, 1.807) is 24.3 Å². The molecule has 0 saturated carbocycles. The van der Waals surface area contributed by atoms with Crippen molar-refractivity contribution in [3.8, 4) is 11.5 Å². The molecule has 0 bridgehead atoms. The minimum atomic E-state index is -6.12. The number of amides is 1. The molecule has 162 valence electrons. The molecule has 0 aromatic heterocycles. The molecule has 1 heterocycles. The molecule has 30 heavy (non-hydrogen) atoms. The van der Waals surface area contributed by atoms with E-state index in [2.05, 4.69) is 4.18 Å². The van der Waals surface area contributed by atoms with Crippen molar-refractivity contribution in [3.63, 3.8) is 0 Å². The van der Waals surface area contributed by atoms with Crippen LogP contribution in [0.25, 0.3) is 0 Å². The molecule has 0 aliphatic carbocycles. The first kappa shape index (κ1) is 21.8. The van der Waals surface area contributed by atoms with Gasteiger partial charge in [0.15, 0.2) is 17.4 Å². The lowest BCUT2D eigenvalue weighted by atomic mass is 9.98. The molecule has 3 rings (SSSR count).